The van der Waals surface area contributed by atoms with Crippen molar-refractivity contribution in [1.29, 1.82) is 0 Å². The van der Waals surface area contributed by atoms with Crippen LogP contribution in [0.15, 0.2) is 6.20 Å². The number of aromatic nitrogens is 2. The first-order chi connectivity index (χ1) is 9.06. The second kappa shape index (κ2) is 7.20. The quantitative estimate of drug-likeness (QED) is 0.619. The summed E-state index contributed by atoms with van der Waals surface area (Å²) in [5.41, 5.74) is 0. The van der Waals surface area contributed by atoms with Gasteiger partial charge in [-0.2, -0.15) is 0 Å². The molecule has 0 aliphatic carbocycles. The standard InChI is InChI=1S/C11H17N5O3.ClH/c1-8-13-10(16(18)19)6-15(8)7-11(17)14-9-3-2-4-12-5-9;/h6,9,12H,2-5,7H2,1H3,(H,14,17);1H/t9-;/m0./s1. The summed E-state index contributed by atoms with van der Waals surface area (Å²) < 4.78 is 1.49. The van der Waals surface area contributed by atoms with E-state index in [1.54, 1.807) is 6.92 Å². The molecule has 1 aliphatic heterocycles. The van der Waals surface area contributed by atoms with Crippen LogP contribution in [0, 0.1) is 17.0 Å². The van der Waals surface area contributed by atoms with Gasteiger partial charge in [0.25, 0.3) is 0 Å². The zero-order valence-corrected chi connectivity index (χ0v) is 12.0. The first-order valence-electron chi connectivity index (χ1n) is 6.24. The second-order valence-electron chi connectivity index (χ2n) is 4.64. The molecule has 20 heavy (non-hydrogen) atoms. The lowest BCUT2D eigenvalue weighted by Crippen LogP contribution is -2.46. The molecule has 1 fully saturated rings. The summed E-state index contributed by atoms with van der Waals surface area (Å²) in [7, 11) is 0. The average molecular weight is 304 g/mol. The topological polar surface area (TPSA) is 102 Å². The van der Waals surface area contributed by atoms with Crippen molar-refractivity contribution >= 4 is 24.1 Å². The minimum absolute atomic E-state index is 0. The lowest BCUT2D eigenvalue weighted by Gasteiger charge is -2.23. The Hall–Kier alpha value is -1.67. The molecule has 0 spiro atoms. The zero-order chi connectivity index (χ0) is 13.8. The normalized spacial score (nSPS) is 18.1. The van der Waals surface area contributed by atoms with Gasteiger partial charge in [0.15, 0.2) is 0 Å². The maximum atomic E-state index is 11.9. The van der Waals surface area contributed by atoms with Gasteiger partial charge >= 0.3 is 5.82 Å². The molecule has 0 bridgehead atoms. The summed E-state index contributed by atoms with van der Waals surface area (Å²) in [6.07, 6.45) is 3.29. The number of amides is 1. The van der Waals surface area contributed by atoms with Gasteiger partial charge in [-0.1, -0.05) is 0 Å². The van der Waals surface area contributed by atoms with Crippen LogP contribution in [-0.2, 0) is 11.3 Å². The molecule has 8 nitrogen and oxygen atoms in total. The lowest BCUT2D eigenvalue weighted by molar-refractivity contribution is -0.389. The molecule has 2 N–H and O–H groups in total. The molecule has 1 amide bonds. The number of carbonyl (C=O) groups is 1. The highest BCUT2D eigenvalue weighted by atomic mass is 35.5. The van der Waals surface area contributed by atoms with Gasteiger partial charge in [-0.25, -0.2) is 0 Å². The van der Waals surface area contributed by atoms with Crippen LogP contribution in [0.3, 0.4) is 0 Å². The summed E-state index contributed by atoms with van der Waals surface area (Å²) in [5.74, 6) is 0.0809. The van der Waals surface area contributed by atoms with Gasteiger partial charge in [-0.3, -0.25) is 9.36 Å². The van der Waals surface area contributed by atoms with Crippen molar-refractivity contribution in [3.8, 4) is 0 Å². The Morgan fingerprint density at radius 3 is 3.00 bits per heavy atom. The predicted octanol–water partition coefficient (Wildman–Crippen LogP) is 0.390. The minimum Gasteiger partial charge on any atom is -0.358 e. The summed E-state index contributed by atoms with van der Waals surface area (Å²) in [5, 5.41) is 16.7. The van der Waals surface area contributed by atoms with E-state index in [-0.39, 0.29) is 36.7 Å². The molecule has 0 radical (unpaired) electrons. The number of imidazole rings is 1. The molecule has 1 aromatic heterocycles. The highest BCUT2D eigenvalue weighted by Crippen LogP contribution is 2.10. The van der Waals surface area contributed by atoms with Gasteiger partial charge in [0.2, 0.25) is 11.7 Å². The van der Waals surface area contributed by atoms with E-state index in [1.807, 2.05) is 0 Å². The smallest absolute Gasteiger partial charge is 0.358 e. The van der Waals surface area contributed by atoms with E-state index in [4.69, 9.17) is 0 Å². The lowest BCUT2D eigenvalue weighted by atomic mass is 10.1. The minimum atomic E-state index is -0.563. The zero-order valence-electron chi connectivity index (χ0n) is 11.2. The molecule has 0 saturated carbocycles. The van der Waals surface area contributed by atoms with Gasteiger partial charge in [-0.15, -0.1) is 12.4 Å². The third kappa shape index (κ3) is 4.17. The highest BCUT2D eigenvalue weighted by Gasteiger charge is 2.19. The third-order valence-electron chi connectivity index (χ3n) is 3.13. The van der Waals surface area contributed by atoms with Crippen molar-refractivity contribution in [3.63, 3.8) is 0 Å². The molecule has 1 aliphatic rings. The van der Waals surface area contributed by atoms with Gasteiger partial charge < -0.3 is 20.7 Å². The van der Waals surface area contributed by atoms with Crippen LogP contribution in [-0.4, -0.2) is 39.5 Å². The van der Waals surface area contributed by atoms with E-state index in [0.717, 1.165) is 25.9 Å². The van der Waals surface area contributed by atoms with Crippen LogP contribution in [0.25, 0.3) is 0 Å². The molecule has 2 heterocycles. The van der Waals surface area contributed by atoms with E-state index in [2.05, 4.69) is 15.6 Å². The van der Waals surface area contributed by atoms with Crippen LogP contribution in [0.2, 0.25) is 0 Å². The maximum absolute atomic E-state index is 11.9. The number of hydrogen-bond donors (Lipinski definition) is 2. The summed E-state index contributed by atoms with van der Waals surface area (Å²) in [4.78, 5) is 25.7. The van der Waals surface area contributed by atoms with Crippen molar-refractivity contribution in [1.82, 2.24) is 20.2 Å². The Morgan fingerprint density at radius 1 is 1.70 bits per heavy atom. The molecule has 1 atom stereocenters. The molecule has 1 aromatic rings. The fourth-order valence-electron chi connectivity index (χ4n) is 2.14. The monoisotopic (exact) mass is 303 g/mol. The Labute approximate surface area is 122 Å². The molecular formula is C11H18ClN5O3. The number of hydrogen-bond acceptors (Lipinski definition) is 5. The Bertz CT molecular complexity index is 484. The first kappa shape index (κ1) is 16.4. The number of nitro groups is 1. The molecule has 0 aromatic carbocycles. The molecule has 1 saturated heterocycles. The van der Waals surface area contributed by atoms with Gasteiger partial charge in [0, 0.05) is 19.5 Å². The van der Waals surface area contributed by atoms with Gasteiger partial charge in [-0.05, 0) is 29.3 Å². The van der Waals surface area contributed by atoms with E-state index in [1.165, 1.54) is 10.8 Å². The van der Waals surface area contributed by atoms with Gasteiger partial charge in [0.05, 0.1) is 0 Å². The number of carbonyl (C=O) groups excluding carboxylic acids is 1. The first-order valence-corrected chi connectivity index (χ1v) is 6.24. The van der Waals surface area contributed by atoms with Crippen molar-refractivity contribution in [2.24, 2.45) is 0 Å². The number of piperidine rings is 1. The van der Waals surface area contributed by atoms with E-state index in [9.17, 15) is 14.9 Å². The Morgan fingerprint density at radius 2 is 2.45 bits per heavy atom. The largest absolute Gasteiger partial charge is 0.381 e. The molecule has 112 valence electrons. The van der Waals surface area contributed by atoms with Crippen LogP contribution >= 0.6 is 12.4 Å². The van der Waals surface area contributed by atoms with Crippen molar-refractivity contribution in [2.45, 2.75) is 32.4 Å². The molecular weight excluding hydrogens is 286 g/mol. The maximum Gasteiger partial charge on any atom is 0.381 e. The number of nitrogens with zero attached hydrogens (tertiary/aromatic N) is 3. The number of aryl methyl sites for hydroxylation is 1. The van der Waals surface area contributed by atoms with Gasteiger partial charge in [0.1, 0.15) is 12.7 Å². The van der Waals surface area contributed by atoms with Crippen molar-refractivity contribution in [2.75, 3.05) is 13.1 Å². The predicted molar refractivity (Wildman–Crippen MR) is 74.9 cm³/mol. The SMILES string of the molecule is Cc1nc([N+](=O)[O-])cn1CC(=O)N[C@H]1CCCNC1.Cl. The Kier molecular flexibility index (Phi) is 5.90. The second-order valence-corrected chi connectivity index (χ2v) is 4.64. The van der Waals surface area contributed by atoms with Crippen molar-refractivity contribution < 1.29 is 9.72 Å². The molecule has 9 heteroatoms. The number of nitrogens with one attached hydrogen (secondary N) is 2. The third-order valence-corrected chi connectivity index (χ3v) is 3.13. The van der Waals surface area contributed by atoms with Crippen molar-refractivity contribution in [3.05, 3.63) is 22.1 Å². The number of rotatable bonds is 4. The van der Waals surface area contributed by atoms with E-state index < -0.39 is 4.92 Å². The van der Waals surface area contributed by atoms with E-state index in [0.29, 0.717) is 5.82 Å². The highest BCUT2D eigenvalue weighted by molar-refractivity contribution is 5.85. The fraction of sp³-hybridized carbons (Fsp3) is 0.636. The van der Waals surface area contributed by atoms with Crippen LogP contribution in [0.1, 0.15) is 18.7 Å². The molecule has 0 unspecified atom stereocenters. The molecule has 2 rings (SSSR count). The summed E-state index contributed by atoms with van der Waals surface area (Å²) in [6.45, 7) is 3.46. The summed E-state index contributed by atoms with van der Waals surface area (Å²) in [6, 6.07) is 0.139. The average Bonchev–Trinajstić information content (AvgIpc) is 2.72. The van der Waals surface area contributed by atoms with Crippen LogP contribution in [0.4, 0.5) is 5.82 Å². The summed E-state index contributed by atoms with van der Waals surface area (Å²) >= 11 is 0. The van der Waals surface area contributed by atoms with E-state index >= 15 is 0 Å². The number of halogens is 1. The fourth-order valence-corrected chi connectivity index (χ4v) is 2.14. The van der Waals surface area contributed by atoms with Crippen LogP contribution in [0.5, 0.6) is 0 Å². The Balaban J connectivity index is 0.00000200. The van der Waals surface area contributed by atoms with Crippen LogP contribution < -0.4 is 10.6 Å².